The highest BCUT2D eigenvalue weighted by Crippen LogP contribution is 2.57. The highest BCUT2D eigenvalue weighted by Gasteiger charge is 2.61. The Morgan fingerprint density at radius 2 is 1.64 bits per heavy atom. The van der Waals surface area contributed by atoms with Crippen LogP contribution in [-0.4, -0.2) is 11.8 Å². The Kier molecular flexibility index (Phi) is 2.85. The van der Waals surface area contributed by atoms with Crippen LogP contribution in [0.1, 0.15) is 13.8 Å². The van der Waals surface area contributed by atoms with Crippen LogP contribution in [0, 0.1) is 23.7 Å². The van der Waals surface area contributed by atoms with Gasteiger partial charge < -0.3 is 0 Å². The van der Waals surface area contributed by atoms with Gasteiger partial charge in [0.15, 0.2) is 0 Å². The summed E-state index contributed by atoms with van der Waals surface area (Å²) < 4.78 is 0. The van der Waals surface area contributed by atoms with Crippen molar-refractivity contribution < 1.29 is 9.59 Å². The second-order valence-electron chi connectivity index (χ2n) is 6.44. The summed E-state index contributed by atoms with van der Waals surface area (Å²) in [6.07, 6.45) is 4.20. The molecule has 1 aromatic rings. The number of amides is 2. The molecule has 2 amide bonds. The lowest BCUT2D eigenvalue weighted by atomic mass is 9.85. The van der Waals surface area contributed by atoms with Crippen molar-refractivity contribution in [3.8, 4) is 0 Å². The number of hydrogen-bond acceptors (Lipinski definition) is 2. The van der Waals surface area contributed by atoms with E-state index in [1.54, 1.807) is 24.3 Å². The summed E-state index contributed by atoms with van der Waals surface area (Å²) in [7, 11) is 0. The molecule has 2 aliphatic carbocycles. The van der Waals surface area contributed by atoms with Crippen LogP contribution in [-0.2, 0) is 9.59 Å². The van der Waals surface area contributed by atoms with Gasteiger partial charge in [-0.05, 0) is 32.0 Å². The molecule has 2 bridgehead atoms. The number of carbonyl (C=O) groups is 2. The molecule has 4 rings (SSSR count). The van der Waals surface area contributed by atoms with Gasteiger partial charge in [-0.3, -0.25) is 9.59 Å². The zero-order chi connectivity index (χ0) is 15.6. The number of rotatable bonds is 1. The van der Waals surface area contributed by atoms with Crippen LogP contribution < -0.4 is 4.90 Å². The summed E-state index contributed by atoms with van der Waals surface area (Å²) >= 11 is 6.00. The van der Waals surface area contributed by atoms with Gasteiger partial charge in [-0.2, -0.15) is 0 Å². The molecule has 4 atom stereocenters. The van der Waals surface area contributed by atoms with Crippen molar-refractivity contribution in [3.05, 3.63) is 52.6 Å². The third kappa shape index (κ3) is 1.63. The number of halogens is 1. The van der Waals surface area contributed by atoms with Gasteiger partial charge in [-0.1, -0.05) is 41.0 Å². The van der Waals surface area contributed by atoms with E-state index in [2.05, 4.69) is 26.0 Å². The molecular weight excluding hydrogens is 298 g/mol. The average Bonchev–Trinajstić information content (AvgIpc) is 3.09. The lowest BCUT2D eigenvalue weighted by Gasteiger charge is -2.19. The number of benzene rings is 1. The fraction of sp³-hybridized carbons (Fsp3) is 0.333. The van der Waals surface area contributed by atoms with E-state index in [1.165, 1.54) is 16.0 Å². The lowest BCUT2D eigenvalue weighted by molar-refractivity contribution is -0.122. The minimum atomic E-state index is -0.244. The molecule has 1 saturated heterocycles. The Balaban J connectivity index is 1.78. The van der Waals surface area contributed by atoms with Crippen LogP contribution in [0.2, 0.25) is 5.02 Å². The Hall–Kier alpha value is -1.87. The minimum Gasteiger partial charge on any atom is -0.274 e. The molecule has 3 nitrogen and oxygen atoms in total. The van der Waals surface area contributed by atoms with Crippen molar-refractivity contribution in [2.24, 2.45) is 23.7 Å². The molecule has 1 aromatic carbocycles. The number of fused-ring (bicyclic) bond motifs is 5. The first-order valence-electron chi connectivity index (χ1n) is 7.49. The van der Waals surface area contributed by atoms with Crippen molar-refractivity contribution in [1.29, 1.82) is 0 Å². The van der Waals surface area contributed by atoms with E-state index in [4.69, 9.17) is 11.6 Å². The van der Waals surface area contributed by atoms with Crippen LogP contribution in [0.25, 0.3) is 0 Å². The van der Waals surface area contributed by atoms with Gasteiger partial charge in [0.2, 0.25) is 11.8 Å². The van der Waals surface area contributed by atoms with Crippen molar-refractivity contribution in [1.82, 2.24) is 0 Å². The first kappa shape index (κ1) is 13.8. The van der Waals surface area contributed by atoms with Gasteiger partial charge in [0.05, 0.1) is 17.5 Å². The third-order valence-corrected chi connectivity index (χ3v) is 5.29. The molecule has 1 aliphatic heterocycles. The maximum absolute atomic E-state index is 12.9. The van der Waals surface area contributed by atoms with E-state index in [-0.39, 0.29) is 35.5 Å². The number of carbonyl (C=O) groups excluding carboxylic acids is 2. The predicted molar refractivity (Wildman–Crippen MR) is 85.4 cm³/mol. The number of allylic oxidation sites excluding steroid dienone is 4. The van der Waals surface area contributed by atoms with Crippen molar-refractivity contribution >= 4 is 29.1 Å². The number of anilines is 1. The monoisotopic (exact) mass is 313 g/mol. The maximum atomic E-state index is 12.9. The molecule has 1 heterocycles. The average molecular weight is 314 g/mol. The largest absolute Gasteiger partial charge is 0.274 e. The highest BCUT2D eigenvalue weighted by molar-refractivity contribution is 6.31. The Labute approximate surface area is 134 Å². The fourth-order valence-corrected chi connectivity index (χ4v) is 4.48. The van der Waals surface area contributed by atoms with E-state index in [0.29, 0.717) is 10.7 Å². The van der Waals surface area contributed by atoms with Crippen molar-refractivity contribution in [3.63, 3.8) is 0 Å². The van der Waals surface area contributed by atoms with Crippen LogP contribution in [0.5, 0.6) is 0 Å². The Morgan fingerprint density at radius 1 is 1.05 bits per heavy atom. The summed E-state index contributed by atoms with van der Waals surface area (Å²) in [5, 5.41) is 0.529. The summed E-state index contributed by atoms with van der Waals surface area (Å²) in [6, 6.07) is 6.94. The number of nitrogens with zero attached hydrogens (tertiary/aromatic N) is 1. The lowest BCUT2D eigenvalue weighted by Crippen LogP contribution is -2.33. The van der Waals surface area contributed by atoms with Crippen molar-refractivity contribution in [2.75, 3.05) is 4.90 Å². The molecule has 0 aromatic heterocycles. The molecular formula is C18H16ClNO2. The quantitative estimate of drug-likeness (QED) is 0.587. The molecule has 1 saturated carbocycles. The van der Waals surface area contributed by atoms with Crippen LogP contribution in [0.3, 0.4) is 0 Å². The SMILES string of the molecule is CC(C)=C1[C@@H]2C=C[C@@H]1[C@H]1C(=O)N(c3cccc(Cl)c3)C(=O)[C@@H]12. The van der Waals surface area contributed by atoms with Crippen LogP contribution in [0.4, 0.5) is 5.69 Å². The normalized spacial score (nSPS) is 32.1. The third-order valence-electron chi connectivity index (χ3n) is 5.06. The number of imide groups is 1. The van der Waals surface area contributed by atoms with E-state index in [0.717, 1.165) is 0 Å². The van der Waals surface area contributed by atoms with Gasteiger partial charge >= 0.3 is 0 Å². The smallest absolute Gasteiger partial charge is 0.238 e. The van der Waals surface area contributed by atoms with E-state index >= 15 is 0 Å². The van der Waals surface area contributed by atoms with E-state index in [9.17, 15) is 9.59 Å². The summed E-state index contributed by atoms with van der Waals surface area (Å²) in [5.41, 5.74) is 3.07. The molecule has 2 fully saturated rings. The second-order valence-corrected chi connectivity index (χ2v) is 6.87. The van der Waals surface area contributed by atoms with Crippen LogP contribution in [0.15, 0.2) is 47.6 Å². The number of hydrogen-bond donors (Lipinski definition) is 0. The summed E-state index contributed by atoms with van der Waals surface area (Å²) in [6.45, 7) is 4.13. The molecule has 0 N–H and O–H groups in total. The molecule has 4 heteroatoms. The molecule has 0 radical (unpaired) electrons. The van der Waals surface area contributed by atoms with Gasteiger partial charge in [-0.15, -0.1) is 0 Å². The molecule has 112 valence electrons. The predicted octanol–water partition coefficient (Wildman–Crippen LogP) is 3.60. The Bertz CT molecular complexity index is 726. The Morgan fingerprint density at radius 3 is 2.14 bits per heavy atom. The molecule has 0 unspecified atom stereocenters. The molecule has 3 aliphatic rings. The summed E-state index contributed by atoms with van der Waals surface area (Å²) in [4.78, 5) is 27.1. The minimum absolute atomic E-state index is 0.0839. The topological polar surface area (TPSA) is 37.4 Å². The molecule has 22 heavy (non-hydrogen) atoms. The fourth-order valence-electron chi connectivity index (χ4n) is 4.30. The van der Waals surface area contributed by atoms with Gasteiger partial charge in [0.1, 0.15) is 0 Å². The van der Waals surface area contributed by atoms with E-state index in [1.807, 2.05) is 0 Å². The summed E-state index contributed by atoms with van der Waals surface area (Å²) in [5.74, 6) is -0.500. The van der Waals surface area contributed by atoms with Gasteiger partial charge in [0, 0.05) is 16.9 Å². The van der Waals surface area contributed by atoms with Gasteiger partial charge in [-0.25, -0.2) is 4.90 Å². The van der Waals surface area contributed by atoms with Gasteiger partial charge in [0.25, 0.3) is 0 Å². The zero-order valence-electron chi connectivity index (χ0n) is 12.4. The first-order chi connectivity index (χ1) is 10.5. The molecule has 0 spiro atoms. The van der Waals surface area contributed by atoms with Crippen molar-refractivity contribution in [2.45, 2.75) is 13.8 Å². The highest BCUT2D eigenvalue weighted by atomic mass is 35.5. The van der Waals surface area contributed by atoms with E-state index < -0.39 is 0 Å². The standard InChI is InChI=1S/C18H16ClNO2/c1-9(2)14-12-6-7-13(14)16-15(12)17(21)20(18(16)22)11-5-3-4-10(19)8-11/h3-8,12-13,15-16H,1-2H3/t12-,13-,15+,16+/m0/s1. The maximum Gasteiger partial charge on any atom is 0.238 e. The zero-order valence-corrected chi connectivity index (χ0v) is 13.2. The first-order valence-corrected chi connectivity index (χ1v) is 7.87. The van der Waals surface area contributed by atoms with Crippen LogP contribution >= 0.6 is 11.6 Å². The second kappa shape index (κ2) is 4.56.